The number of methoxy groups -OCH3 is 1. The first kappa shape index (κ1) is 11.7. The maximum atomic E-state index is 11.4. The van der Waals surface area contributed by atoms with Crippen LogP contribution < -0.4 is 0 Å². The number of nitrogens with zero attached hydrogens (tertiary/aromatic N) is 1. The van der Waals surface area contributed by atoms with Gasteiger partial charge in [0.15, 0.2) is 5.71 Å². The van der Waals surface area contributed by atoms with Crippen LogP contribution in [0, 0.1) is 0 Å². The third-order valence-corrected chi connectivity index (χ3v) is 2.38. The summed E-state index contributed by atoms with van der Waals surface area (Å²) in [7, 11) is 2.67. The van der Waals surface area contributed by atoms with Crippen LogP contribution in [0.4, 0.5) is 0 Å². The van der Waals surface area contributed by atoms with Gasteiger partial charge in [-0.1, -0.05) is 39.3 Å². The summed E-state index contributed by atoms with van der Waals surface area (Å²) in [6.45, 7) is 0. The Hall–Kier alpha value is -1.36. The summed E-state index contributed by atoms with van der Waals surface area (Å²) in [5.41, 5.74) is 0.763. The Kier molecular flexibility index (Phi) is 4.30. The molecule has 0 N–H and O–H groups in total. The Balaban J connectivity index is 3.17. The van der Waals surface area contributed by atoms with Gasteiger partial charge in [0.1, 0.15) is 7.11 Å². The van der Waals surface area contributed by atoms with Crippen molar-refractivity contribution in [1.29, 1.82) is 0 Å². The van der Waals surface area contributed by atoms with Gasteiger partial charge >= 0.3 is 5.97 Å². The summed E-state index contributed by atoms with van der Waals surface area (Å²) >= 11 is 3.32. The van der Waals surface area contributed by atoms with Gasteiger partial charge in [-0.05, 0) is 6.07 Å². The monoisotopic (exact) mass is 271 g/mol. The standard InChI is InChI=1S/C10H10BrNO3/c1-14-10(13)9(12-15-2)7-5-3-4-6-8(7)11/h3-6H,1-2H3. The van der Waals surface area contributed by atoms with Gasteiger partial charge in [0.2, 0.25) is 0 Å². The maximum absolute atomic E-state index is 11.4. The van der Waals surface area contributed by atoms with E-state index in [2.05, 4.69) is 30.7 Å². The Morgan fingerprint density at radius 3 is 2.53 bits per heavy atom. The topological polar surface area (TPSA) is 47.9 Å². The Morgan fingerprint density at radius 2 is 2.00 bits per heavy atom. The smallest absolute Gasteiger partial charge is 0.360 e. The van der Waals surface area contributed by atoms with E-state index in [4.69, 9.17) is 0 Å². The number of rotatable bonds is 3. The fourth-order valence-corrected chi connectivity index (χ4v) is 1.51. The normalized spacial score (nSPS) is 11.0. The number of hydrogen-bond donors (Lipinski definition) is 0. The number of halogens is 1. The molecule has 1 aromatic rings. The first-order valence-corrected chi connectivity index (χ1v) is 4.94. The molecule has 0 saturated carbocycles. The molecular weight excluding hydrogens is 262 g/mol. The molecule has 5 heteroatoms. The number of esters is 1. The van der Waals surface area contributed by atoms with Crippen LogP contribution in [-0.2, 0) is 14.4 Å². The van der Waals surface area contributed by atoms with Gasteiger partial charge in [0.05, 0.1) is 7.11 Å². The molecule has 1 aromatic carbocycles. The van der Waals surface area contributed by atoms with Crippen molar-refractivity contribution < 1.29 is 14.4 Å². The van der Waals surface area contributed by atoms with E-state index in [0.717, 1.165) is 4.47 Å². The van der Waals surface area contributed by atoms with Crippen molar-refractivity contribution in [2.75, 3.05) is 14.2 Å². The first-order chi connectivity index (χ1) is 7.20. The van der Waals surface area contributed by atoms with Crippen molar-refractivity contribution in [1.82, 2.24) is 0 Å². The lowest BCUT2D eigenvalue weighted by Gasteiger charge is -2.05. The molecule has 4 nitrogen and oxygen atoms in total. The molecule has 15 heavy (non-hydrogen) atoms. The molecule has 0 bridgehead atoms. The van der Waals surface area contributed by atoms with Crippen LogP contribution in [0.2, 0.25) is 0 Å². The van der Waals surface area contributed by atoms with Crippen LogP contribution in [0.15, 0.2) is 33.9 Å². The lowest BCUT2D eigenvalue weighted by molar-refractivity contribution is -0.132. The molecule has 0 amide bonds. The average Bonchev–Trinajstić information content (AvgIpc) is 2.26. The molecule has 0 atom stereocenters. The van der Waals surface area contributed by atoms with Crippen LogP contribution >= 0.6 is 15.9 Å². The molecule has 0 aliphatic heterocycles. The van der Waals surface area contributed by atoms with Gasteiger partial charge < -0.3 is 9.57 Å². The predicted molar refractivity (Wildman–Crippen MR) is 59.7 cm³/mol. The number of oxime groups is 1. The molecular formula is C10H10BrNO3. The highest BCUT2D eigenvalue weighted by Gasteiger charge is 2.17. The molecule has 0 radical (unpaired) electrons. The van der Waals surface area contributed by atoms with Crippen LogP contribution in [0.3, 0.4) is 0 Å². The second kappa shape index (κ2) is 5.50. The third kappa shape index (κ3) is 2.79. The molecule has 1 rings (SSSR count). The van der Waals surface area contributed by atoms with Gasteiger partial charge in [-0.15, -0.1) is 0 Å². The number of hydrogen-bond acceptors (Lipinski definition) is 4. The summed E-state index contributed by atoms with van der Waals surface area (Å²) in [6.07, 6.45) is 0. The number of benzene rings is 1. The number of ether oxygens (including phenoxy) is 1. The van der Waals surface area contributed by atoms with Crippen LogP contribution in [-0.4, -0.2) is 25.9 Å². The lowest BCUT2D eigenvalue weighted by atomic mass is 10.1. The van der Waals surface area contributed by atoms with Crippen molar-refractivity contribution in [2.45, 2.75) is 0 Å². The summed E-state index contributed by atoms with van der Waals surface area (Å²) in [6, 6.07) is 7.20. The van der Waals surface area contributed by atoms with E-state index < -0.39 is 5.97 Å². The minimum absolute atomic E-state index is 0.132. The van der Waals surface area contributed by atoms with E-state index in [1.165, 1.54) is 14.2 Å². The lowest BCUT2D eigenvalue weighted by Crippen LogP contribution is -2.18. The van der Waals surface area contributed by atoms with Gasteiger partial charge in [0.25, 0.3) is 0 Å². The fraction of sp³-hybridized carbons (Fsp3) is 0.200. The highest BCUT2D eigenvalue weighted by Crippen LogP contribution is 2.17. The molecule has 0 heterocycles. The quantitative estimate of drug-likeness (QED) is 0.480. The molecule has 0 saturated heterocycles. The molecule has 80 valence electrons. The average molecular weight is 272 g/mol. The number of carbonyl (C=O) groups excluding carboxylic acids is 1. The SMILES string of the molecule is CON=C(C(=O)OC)c1ccccc1Br. The van der Waals surface area contributed by atoms with E-state index in [1.807, 2.05) is 12.1 Å². The van der Waals surface area contributed by atoms with Crippen LogP contribution in [0.25, 0.3) is 0 Å². The summed E-state index contributed by atoms with van der Waals surface area (Å²) < 4.78 is 5.36. The van der Waals surface area contributed by atoms with Gasteiger partial charge in [0, 0.05) is 10.0 Å². The molecule has 0 spiro atoms. The minimum atomic E-state index is -0.538. The van der Waals surface area contributed by atoms with Crippen molar-refractivity contribution in [2.24, 2.45) is 5.16 Å². The maximum Gasteiger partial charge on any atom is 0.360 e. The molecule has 0 unspecified atom stereocenters. The predicted octanol–water partition coefficient (Wildman–Crippen LogP) is 1.97. The Bertz CT molecular complexity index is 390. The molecule has 0 aliphatic carbocycles. The number of carbonyl (C=O) groups is 1. The minimum Gasteiger partial charge on any atom is -0.464 e. The van der Waals surface area contributed by atoms with Crippen molar-refractivity contribution in [3.63, 3.8) is 0 Å². The highest BCUT2D eigenvalue weighted by molar-refractivity contribution is 9.10. The van der Waals surface area contributed by atoms with Crippen molar-refractivity contribution in [3.8, 4) is 0 Å². The van der Waals surface area contributed by atoms with E-state index in [0.29, 0.717) is 5.56 Å². The fourth-order valence-electron chi connectivity index (χ4n) is 1.04. The second-order valence-electron chi connectivity index (χ2n) is 2.59. The van der Waals surface area contributed by atoms with Crippen LogP contribution in [0.1, 0.15) is 5.56 Å². The van der Waals surface area contributed by atoms with Gasteiger partial charge in [-0.2, -0.15) is 0 Å². The van der Waals surface area contributed by atoms with Crippen molar-refractivity contribution >= 4 is 27.6 Å². The second-order valence-corrected chi connectivity index (χ2v) is 3.45. The van der Waals surface area contributed by atoms with E-state index in [9.17, 15) is 4.79 Å². The molecule has 0 aliphatic rings. The van der Waals surface area contributed by atoms with E-state index in [-0.39, 0.29) is 5.71 Å². The highest BCUT2D eigenvalue weighted by atomic mass is 79.9. The van der Waals surface area contributed by atoms with E-state index >= 15 is 0 Å². The molecule has 0 aromatic heterocycles. The zero-order chi connectivity index (χ0) is 11.3. The van der Waals surface area contributed by atoms with Crippen molar-refractivity contribution in [3.05, 3.63) is 34.3 Å². The summed E-state index contributed by atoms with van der Waals surface area (Å²) in [5, 5.41) is 3.64. The zero-order valence-corrected chi connectivity index (χ0v) is 9.95. The van der Waals surface area contributed by atoms with Crippen LogP contribution in [0.5, 0.6) is 0 Å². The Labute approximate surface area is 96.0 Å². The van der Waals surface area contributed by atoms with Gasteiger partial charge in [-0.3, -0.25) is 0 Å². The summed E-state index contributed by atoms with van der Waals surface area (Å²) in [5.74, 6) is -0.538. The third-order valence-electron chi connectivity index (χ3n) is 1.69. The van der Waals surface area contributed by atoms with E-state index in [1.54, 1.807) is 12.1 Å². The largest absolute Gasteiger partial charge is 0.464 e. The first-order valence-electron chi connectivity index (χ1n) is 4.15. The van der Waals surface area contributed by atoms with Gasteiger partial charge in [-0.25, -0.2) is 4.79 Å². The summed E-state index contributed by atoms with van der Waals surface area (Å²) in [4.78, 5) is 16.0. The Morgan fingerprint density at radius 1 is 1.33 bits per heavy atom. The zero-order valence-electron chi connectivity index (χ0n) is 8.36. The molecule has 0 fully saturated rings.